The summed E-state index contributed by atoms with van der Waals surface area (Å²) in [7, 11) is 0. The van der Waals surface area contributed by atoms with Crippen molar-refractivity contribution in [1.82, 2.24) is 0 Å². The van der Waals surface area contributed by atoms with Gasteiger partial charge >= 0.3 is 0 Å². The van der Waals surface area contributed by atoms with Crippen molar-refractivity contribution in [2.45, 2.75) is 88.8 Å². The minimum atomic E-state index is 0.0356. The van der Waals surface area contributed by atoms with Gasteiger partial charge in [-0.2, -0.15) is 0 Å². The molecule has 4 bridgehead atoms. The molecule has 4 aliphatic carbocycles. The van der Waals surface area contributed by atoms with E-state index in [1.165, 1.54) is 49.7 Å². The highest BCUT2D eigenvalue weighted by atomic mass is 16.6. The first-order chi connectivity index (χ1) is 14.9. The molecular formula is C27H38O4. The summed E-state index contributed by atoms with van der Waals surface area (Å²) in [6.45, 7) is 9.89. The van der Waals surface area contributed by atoms with E-state index in [2.05, 4.69) is 32.9 Å². The lowest BCUT2D eigenvalue weighted by molar-refractivity contribution is -0.00658. The smallest absolute Gasteiger partial charge is 0.123 e. The van der Waals surface area contributed by atoms with E-state index in [0.717, 1.165) is 48.9 Å². The molecular weight excluding hydrogens is 388 g/mol. The molecule has 2 atom stereocenters. The van der Waals surface area contributed by atoms with Gasteiger partial charge in [0.05, 0.1) is 13.2 Å². The van der Waals surface area contributed by atoms with Gasteiger partial charge in [-0.3, -0.25) is 0 Å². The van der Waals surface area contributed by atoms with E-state index in [9.17, 15) is 0 Å². The second kappa shape index (κ2) is 7.38. The van der Waals surface area contributed by atoms with Crippen LogP contribution < -0.4 is 9.47 Å². The summed E-state index contributed by atoms with van der Waals surface area (Å²) < 4.78 is 23.9. The fourth-order valence-corrected chi connectivity index (χ4v) is 7.07. The number of epoxide rings is 2. The van der Waals surface area contributed by atoms with Crippen molar-refractivity contribution in [3.8, 4) is 11.5 Å². The Kier molecular flexibility index (Phi) is 4.85. The molecule has 4 nitrogen and oxygen atoms in total. The maximum atomic E-state index is 6.52. The van der Waals surface area contributed by atoms with Crippen molar-refractivity contribution in [3.05, 3.63) is 23.3 Å². The molecule has 4 saturated carbocycles. The van der Waals surface area contributed by atoms with Gasteiger partial charge in [0.25, 0.3) is 0 Å². The average Bonchev–Trinajstić information content (AvgIpc) is 3.64. The third-order valence-electron chi connectivity index (χ3n) is 8.96. The third kappa shape index (κ3) is 3.88. The van der Waals surface area contributed by atoms with E-state index in [0.29, 0.717) is 13.2 Å². The summed E-state index contributed by atoms with van der Waals surface area (Å²) in [5, 5.41) is 0. The molecule has 170 valence electrons. The second-order valence-electron chi connectivity index (χ2n) is 11.8. The van der Waals surface area contributed by atoms with Crippen LogP contribution in [0.2, 0.25) is 0 Å². The van der Waals surface area contributed by atoms with Crippen LogP contribution in [0.5, 0.6) is 11.5 Å². The maximum absolute atomic E-state index is 6.52. The largest absolute Gasteiger partial charge is 0.490 e. The van der Waals surface area contributed by atoms with Gasteiger partial charge < -0.3 is 18.9 Å². The molecule has 6 fully saturated rings. The van der Waals surface area contributed by atoms with E-state index in [-0.39, 0.29) is 23.0 Å². The SMILES string of the molecule is CCC(C)(C)c1cc(OCC2CO2)c(C23CC4CC(CC(C4)C2)C3)cc1OCC1CO1. The van der Waals surface area contributed by atoms with Crippen molar-refractivity contribution in [2.24, 2.45) is 17.8 Å². The van der Waals surface area contributed by atoms with Crippen LogP contribution in [0.25, 0.3) is 0 Å². The third-order valence-corrected chi connectivity index (χ3v) is 8.96. The average molecular weight is 427 g/mol. The predicted octanol–water partition coefficient (Wildman–Crippen LogP) is 5.40. The maximum Gasteiger partial charge on any atom is 0.123 e. The van der Waals surface area contributed by atoms with Crippen molar-refractivity contribution < 1.29 is 18.9 Å². The molecule has 2 aliphatic heterocycles. The monoisotopic (exact) mass is 426 g/mol. The summed E-state index contributed by atoms with van der Waals surface area (Å²) in [4.78, 5) is 0. The Morgan fingerprint density at radius 2 is 1.39 bits per heavy atom. The summed E-state index contributed by atoms with van der Waals surface area (Å²) in [5.41, 5.74) is 3.01. The zero-order valence-electron chi connectivity index (χ0n) is 19.5. The second-order valence-corrected chi connectivity index (χ2v) is 11.8. The summed E-state index contributed by atoms with van der Waals surface area (Å²) in [6.07, 6.45) is 9.95. The molecule has 6 aliphatic rings. The summed E-state index contributed by atoms with van der Waals surface area (Å²) in [5.74, 6) is 4.87. The summed E-state index contributed by atoms with van der Waals surface area (Å²) >= 11 is 0. The van der Waals surface area contributed by atoms with Gasteiger partial charge in [-0.25, -0.2) is 0 Å². The Balaban J connectivity index is 1.42. The van der Waals surface area contributed by atoms with Crippen molar-refractivity contribution in [2.75, 3.05) is 26.4 Å². The van der Waals surface area contributed by atoms with Gasteiger partial charge in [0.15, 0.2) is 0 Å². The highest BCUT2D eigenvalue weighted by Gasteiger charge is 2.53. The Hall–Kier alpha value is -1.26. The topological polar surface area (TPSA) is 43.5 Å². The number of benzene rings is 1. The zero-order valence-corrected chi connectivity index (χ0v) is 19.5. The number of hydrogen-bond donors (Lipinski definition) is 0. The molecule has 7 rings (SSSR count). The molecule has 0 N–H and O–H groups in total. The van der Waals surface area contributed by atoms with Gasteiger partial charge in [-0.1, -0.05) is 20.8 Å². The minimum absolute atomic E-state index is 0.0356. The first-order valence-corrected chi connectivity index (χ1v) is 12.6. The van der Waals surface area contributed by atoms with Gasteiger partial charge in [0.2, 0.25) is 0 Å². The van der Waals surface area contributed by atoms with Crippen LogP contribution in [0.15, 0.2) is 12.1 Å². The Labute approximate surface area is 187 Å². The quantitative estimate of drug-likeness (QED) is 0.496. The van der Waals surface area contributed by atoms with Crippen molar-refractivity contribution >= 4 is 0 Å². The molecule has 0 radical (unpaired) electrons. The molecule has 2 unspecified atom stereocenters. The van der Waals surface area contributed by atoms with Crippen molar-refractivity contribution in [1.29, 1.82) is 0 Å². The lowest BCUT2D eigenvalue weighted by Gasteiger charge is -2.57. The number of rotatable bonds is 9. The van der Waals surface area contributed by atoms with Crippen LogP contribution in [-0.2, 0) is 20.3 Å². The van der Waals surface area contributed by atoms with E-state index in [1.54, 1.807) is 0 Å². The standard InChI is InChI=1S/C27H38O4/c1-4-26(2,3)22-8-25(31-16-21-14-29-21)23(9-24(22)30-15-20-13-28-20)27-10-17-5-18(11-27)7-19(6-17)12-27/h8-9,17-21H,4-7,10-16H2,1-3H3. The van der Waals surface area contributed by atoms with Crippen LogP contribution in [0.4, 0.5) is 0 Å². The number of hydrogen-bond acceptors (Lipinski definition) is 4. The van der Waals surface area contributed by atoms with Gasteiger partial charge in [0, 0.05) is 11.1 Å². The van der Waals surface area contributed by atoms with E-state index < -0.39 is 0 Å². The Morgan fingerprint density at radius 1 is 0.871 bits per heavy atom. The summed E-state index contributed by atoms with van der Waals surface area (Å²) in [6, 6.07) is 4.73. The van der Waals surface area contributed by atoms with Gasteiger partial charge in [-0.05, 0) is 85.7 Å². The van der Waals surface area contributed by atoms with Crippen molar-refractivity contribution in [3.63, 3.8) is 0 Å². The van der Waals surface area contributed by atoms with Crippen LogP contribution >= 0.6 is 0 Å². The first kappa shape index (κ1) is 20.4. The van der Waals surface area contributed by atoms with Gasteiger partial charge in [-0.15, -0.1) is 0 Å². The zero-order chi connectivity index (χ0) is 21.2. The molecule has 2 saturated heterocycles. The van der Waals surface area contributed by atoms with Crippen LogP contribution in [0.1, 0.15) is 76.8 Å². The van der Waals surface area contributed by atoms with Crippen LogP contribution in [0, 0.1) is 17.8 Å². The fraction of sp³-hybridized carbons (Fsp3) is 0.778. The van der Waals surface area contributed by atoms with Crippen LogP contribution in [-0.4, -0.2) is 38.6 Å². The van der Waals surface area contributed by atoms with Gasteiger partial charge in [0.1, 0.15) is 36.9 Å². The highest BCUT2D eigenvalue weighted by Crippen LogP contribution is 2.62. The Morgan fingerprint density at radius 3 is 1.87 bits per heavy atom. The lowest BCUT2D eigenvalue weighted by Crippen LogP contribution is -2.48. The normalized spacial score (nSPS) is 37.7. The fourth-order valence-electron chi connectivity index (χ4n) is 7.07. The first-order valence-electron chi connectivity index (χ1n) is 12.6. The predicted molar refractivity (Wildman–Crippen MR) is 120 cm³/mol. The Bertz CT molecular complexity index is 801. The minimum Gasteiger partial charge on any atom is -0.490 e. The molecule has 31 heavy (non-hydrogen) atoms. The highest BCUT2D eigenvalue weighted by molar-refractivity contribution is 5.53. The molecule has 4 heteroatoms. The molecule has 1 aromatic carbocycles. The van der Waals surface area contributed by atoms with E-state index in [4.69, 9.17) is 18.9 Å². The molecule has 0 amide bonds. The molecule has 0 spiro atoms. The number of ether oxygens (including phenoxy) is 4. The van der Waals surface area contributed by atoms with E-state index in [1.807, 2.05) is 0 Å². The molecule has 1 aromatic rings. The molecule has 0 aromatic heterocycles. The lowest BCUT2D eigenvalue weighted by atomic mass is 9.48. The van der Waals surface area contributed by atoms with E-state index >= 15 is 0 Å². The van der Waals surface area contributed by atoms with Crippen LogP contribution in [0.3, 0.4) is 0 Å². The molecule has 2 heterocycles.